The number of aryl methyl sites for hydroxylation is 1. The predicted octanol–water partition coefficient (Wildman–Crippen LogP) is 4.83. The molecule has 0 aliphatic heterocycles. The smallest absolute Gasteiger partial charge is 0.248 e. The second-order valence-corrected chi connectivity index (χ2v) is 5.46. The molecule has 0 heterocycles. The molecule has 23 heavy (non-hydrogen) atoms. The van der Waals surface area contributed by atoms with Crippen LogP contribution in [0.25, 0.3) is 6.08 Å². The molecule has 3 nitrogen and oxygen atoms in total. The van der Waals surface area contributed by atoms with Gasteiger partial charge in [0.15, 0.2) is 0 Å². The largest absolute Gasteiger partial charge is 0.494 e. The number of hydrogen-bond acceptors (Lipinski definition) is 2. The van der Waals surface area contributed by atoms with Gasteiger partial charge in [-0.05, 0) is 54.8 Å². The molecule has 2 rings (SSSR count). The zero-order chi connectivity index (χ0) is 16.5. The van der Waals surface area contributed by atoms with E-state index in [-0.39, 0.29) is 5.91 Å². The van der Waals surface area contributed by atoms with Gasteiger partial charge in [-0.25, -0.2) is 0 Å². The van der Waals surface area contributed by atoms with Crippen molar-refractivity contribution in [1.29, 1.82) is 0 Å². The Morgan fingerprint density at radius 3 is 2.65 bits per heavy atom. The molecule has 0 unspecified atom stereocenters. The molecule has 0 spiro atoms. The average Bonchev–Trinajstić information content (AvgIpc) is 2.54. The third-order valence-electron chi connectivity index (χ3n) is 3.36. The Bertz CT molecular complexity index is 660. The molecule has 0 atom stereocenters. The third-order valence-corrected chi connectivity index (χ3v) is 3.36. The van der Waals surface area contributed by atoms with Crippen molar-refractivity contribution in [3.63, 3.8) is 0 Å². The molecule has 2 aromatic carbocycles. The van der Waals surface area contributed by atoms with E-state index in [0.717, 1.165) is 42.0 Å². The molecule has 0 radical (unpaired) electrons. The van der Waals surface area contributed by atoms with Crippen LogP contribution in [-0.4, -0.2) is 12.5 Å². The Labute approximate surface area is 138 Å². The van der Waals surface area contributed by atoms with E-state index in [1.54, 1.807) is 6.08 Å². The first kappa shape index (κ1) is 16.8. The summed E-state index contributed by atoms with van der Waals surface area (Å²) in [4.78, 5) is 11.9. The summed E-state index contributed by atoms with van der Waals surface area (Å²) in [5.74, 6) is 0.721. The topological polar surface area (TPSA) is 38.3 Å². The van der Waals surface area contributed by atoms with Crippen LogP contribution in [0.3, 0.4) is 0 Å². The number of unbranched alkanes of at least 4 members (excludes halogenated alkanes) is 1. The van der Waals surface area contributed by atoms with Gasteiger partial charge in [0, 0.05) is 11.8 Å². The van der Waals surface area contributed by atoms with Gasteiger partial charge in [0.25, 0.3) is 0 Å². The number of benzene rings is 2. The fraction of sp³-hybridized carbons (Fsp3) is 0.250. The monoisotopic (exact) mass is 309 g/mol. The summed E-state index contributed by atoms with van der Waals surface area (Å²) in [6.07, 6.45) is 5.51. The van der Waals surface area contributed by atoms with E-state index in [2.05, 4.69) is 12.2 Å². The molecule has 1 N–H and O–H groups in total. The van der Waals surface area contributed by atoms with Gasteiger partial charge >= 0.3 is 0 Å². The Balaban J connectivity index is 1.88. The highest BCUT2D eigenvalue weighted by Gasteiger charge is 1.98. The molecule has 0 fully saturated rings. The van der Waals surface area contributed by atoms with Crippen molar-refractivity contribution in [2.75, 3.05) is 11.9 Å². The standard InChI is InChI=1S/C20H23NO2/c1-3-4-14-23-19-11-8-17(9-12-19)10-13-20(22)21-18-7-5-6-16(2)15-18/h5-13,15H,3-4,14H2,1-2H3,(H,21,22)/b13-10+. The van der Waals surface area contributed by atoms with Crippen LogP contribution in [0.15, 0.2) is 54.6 Å². The first-order valence-electron chi connectivity index (χ1n) is 7.96. The van der Waals surface area contributed by atoms with E-state index < -0.39 is 0 Å². The summed E-state index contributed by atoms with van der Waals surface area (Å²) in [7, 11) is 0. The van der Waals surface area contributed by atoms with Crippen LogP contribution in [0.2, 0.25) is 0 Å². The van der Waals surface area contributed by atoms with E-state index in [4.69, 9.17) is 4.74 Å². The lowest BCUT2D eigenvalue weighted by Gasteiger charge is -2.05. The van der Waals surface area contributed by atoms with Crippen molar-refractivity contribution in [3.05, 3.63) is 65.7 Å². The fourth-order valence-corrected chi connectivity index (χ4v) is 2.09. The summed E-state index contributed by atoms with van der Waals surface area (Å²) in [6, 6.07) is 15.5. The lowest BCUT2D eigenvalue weighted by Crippen LogP contribution is -2.07. The van der Waals surface area contributed by atoms with Crippen LogP contribution >= 0.6 is 0 Å². The van der Waals surface area contributed by atoms with Crippen molar-refractivity contribution in [2.24, 2.45) is 0 Å². The van der Waals surface area contributed by atoms with Crippen molar-refractivity contribution >= 4 is 17.7 Å². The van der Waals surface area contributed by atoms with Gasteiger partial charge in [0.05, 0.1) is 6.61 Å². The van der Waals surface area contributed by atoms with Crippen LogP contribution in [-0.2, 0) is 4.79 Å². The molecule has 0 bridgehead atoms. The molecular formula is C20H23NO2. The molecule has 0 aromatic heterocycles. The molecule has 1 amide bonds. The van der Waals surface area contributed by atoms with Crippen molar-refractivity contribution in [1.82, 2.24) is 0 Å². The number of carbonyl (C=O) groups excluding carboxylic acids is 1. The molecule has 0 saturated heterocycles. The van der Waals surface area contributed by atoms with Crippen molar-refractivity contribution in [3.8, 4) is 5.75 Å². The zero-order valence-electron chi connectivity index (χ0n) is 13.7. The first-order chi connectivity index (χ1) is 11.2. The van der Waals surface area contributed by atoms with Crippen LogP contribution in [0.4, 0.5) is 5.69 Å². The summed E-state index contributed by atoms with van der Waals surface area (Å²) in [5.41, 5.74) is 2.89. The second kappa shape index (κ2) is 8.79. The van der Waals surface area contributed by atoms with Crippen molar-refractivity contribution in [2.45, 2.75) is 26.7 Å². The van der Waals surface area contributed by atoms with E-state index in [1.807, 2.05) is 55.5 Å². The highest BCUT2D eigenvalue weighted by Crippen LogP contribution is 2.14. The molecule has 120 valence electrons. The normalized spacial score (nSPS) is 10.7. The quantitative estimate of drug-likeness (QED) is 0.588. The minimum absolute atomic E-state index is 0.140. The molecule has 0 aliphatic rings. The van der Waals surface area contributed by atoms with Gasteiger partial charge in [-0.1, -0.05) is 37.6 Å². The van der Waals surface area contributed by atoms with E-state index >= 15 is 0 Å². The summed E-state index contributed by atoms with van der Waals surface area (Å²) in [6.45, 7) is 4.87. The van der Waals surface area contributed by atoms with Crippen LogP contribution in [0.5, 0.6) is 5.75 Å². The number of carbonyl (C=O) groups is 1. The number of anilines is 1. The highest BCUT2D eigenvalue weighted by molar-refractivity contribution is 6.01. The minimum Gasteiger partial charge on any atom is -0.494 e. The average molecular weight is 309 g/mol. The maximum Gasteiger partial charge on any atom is 0.248 e. The summed E-state index contributed by atoms with van der Waals surface area (Å²) < 4.78 is 5.61. The Morgan fingerprint density at radius 2 is 1.96 bits per heavy atom. The van der Waals surface area contributed by atoms with Gasteiger partial charge in [0.1, 0.15) is 5.75 Å². The molecule has 2 aromatic rings. The van der Waals surface area contributed by atoms with Gasteiger partial charge in [0.2, 0.25) is 5.91 Å². The minimum atomic E-state index is -0.140. The van der Waals surface area contributed by atoms with Gasteiger partial charge in [-0.3, -0.25) is 4.79 Å². The number of hydrogen-bond donors (Lipinski definition) is 1. The number of ether oxygens (including phenoxy) is 1. The van der Waals surface area contributed by atoms with Gasteiger partial charge in [-0.15, -0.1) is 0 Å². The van der Waals surface area contributed by atoms with Crippen molar-refractivity contribution < 1.29 is 9.53 Å². The van der Waals surface area contributed by atoms with Crippen LogP contribution < -0.4 is 10.1 Å². The maximum absolute atomic E-state index is 11.9. The molecular weight excluding hydrogens is 286 g/mol. The Morgan fingerprint density at radius 1 is 1.17 bits per heavy atom. The van der Waals surface area contributed by atoms with Crippen LogP contribution in [0.1, 0.15) is 30.9 Å². The second-order valence-electron chi connectivity index (χ2n) is 5.46. The van der Waals surface area contributed by atoms with E-state index in [9.17, 15) is 4.79 Å². The number of amides is 1. The molecule has 0 saturated carbocycles. The zero-order valence-corrected chi connectivity index (χ0v) is 13.7. The lowest BCUT2D eigenvalue weighted by molar-refractivity contribution is -0.111. The predicted molar refractivity (Wildman–Crippen MR) is 95.7 cm³/mol. The fourth-order valence-electron chi connectivity index (χ4n) is 2.09. The first-order valence-corrected chi connectivity index (χ1v) is 7.96. The van der Waals surface area contributed by atoms with Gasteiger partial charge in [-0.2, -0.15) is 0 Å². The Kier molecular flexibility index (Phi) is 6.42. The Hall–Kier alpha value is -2.55. The molecule has 3 heteroatoms. The van der Waals surface area contributed by atoms with E-state index in [1.165, 1.54) is 6.08 Å². The number of nitrogens with one attached hydrogen (secondary N) is 1. The van der Waals surface area contributed by atoms with Gasteiger partial charge < -0.3 is 10.1 Å². The van der Waals surface area contributed by atoms with E-state index in [0.29, 0.717) is 0 Å². The molecule has 0 aliphatic carbocycles. The summed E-state index contributed by atoms with van der Waals surface area (Å²) >= 11 is 0. The number of rotatable bonds is 7. The highest BCUT2D eigenvalue weighted by atomic mass is 16.5. The third kappa shape index (κ3) is 5.99. The van der Waals surface area contributed by atoms with Crippen LogP contribution in [0, 0.1) is 6.92 Å². The lowest BCUT2D eigenvalue weighted by atomic mass is 10.2. The summed E-state index contributed by atoms with van der Waals surface area (Å²) in [5, 5.41) is 2.85. The maximum atomic E-state index is 11.9. The SMILES string of the molecule is CCCCOc1ccc(/C=C/C(=O)Nc2cccc(C)c2)cc1.